The van der Waals surface area contributed by atoms with E-state index in [1.165, 1.54) is 144 Å². The fourth-order valence-electron chi connectivity index (χ4n) is 21.8. The van der Waals surface area contributed by atoms with Crippen molar-refractivity contribution in [1.82, 2.24) is 4.57 Å². The number of aromatic nitrogens is 1. The van der Waals surface area contributed by atoms with E-state index in [2.05, 4.69) is 484 Å². The van der Waals surface area contributed by atoms with Crippen molar-refractivity contribution >= 4 is 68.9 Å². The van der Waals surface area contributed by atoms with Crippen LogP contribution in [0.15, 0.2) is 518 Å². The summed E-state index contributed by atoms with van der Waals surface area (Å²) in [5, 5.41) is 2.40. The van der Waals surface area contributed by atoms with Crippen molar-refractivity contribution < 1.29 is 9.47 Å². The average Bonchev–Trinajstić information content (AvgIpc) is 0.765. The Morgan fingerprint density at radius 2 is 0.500 bits per heavy atom. The van der Waals surface area contributed by atoms with Gasteiger partial charge in [-0.15, -0.1) is 0 Å². The lowest BCUT2D eigenvalue weighted by Crippen LogP contribution is -2.37. The molecule has 0 aliphatic carbocycles. The van der Waals surface area contributed by atoms with Crippen molar-refractivity contribution in [2.24, 2.45) is 0 Å². The number of ether oxygens (including phenoxy) is 2. The van der Waals surface area contributed by atoms with Crippen LogP contribution in [0.3, 0.4) is 0 Å². The summed E-state index contributed by atoms with van der Waals surface area (Å²) in [5.41, 5.74) is 31.7. The molecule has 130 heavy (non-hydrogen) atoms. The van der Waals surface area contributed by atoms with Gasteiger partial charge >= 0.3 is 0 Å². The minimum absolute atomic E-state index is 0.439. The Bertz CT molecular complexity index is 7860. The summed E-state index contributed by atoms with van der Waals surface area (Å²) in [5.74, 6) is 3.42. The Labute approximate surface area is 773 Å². The van der Waals surface area contributed by atoms with E-state index in [0.29, 0.717) is 0 Å². The topological polar surface area (TPSA) is 23.4 Å². The van der Waals surface area contributed by atoms with Crippen LogP contribution in [0.5, 0.6) is 23.0 Å². The molecule has 3 nitrogen and oxygen atoms in total. The van der Waals surface area contributed by atoms with E-state index in [-0.39, 0.29) is 0 Å². The van der Waals surface area contributed by atoms with E-state index >= 15 is 0 Å². The van der Waals surface area contributed by atoms with Crippen molar-refractivity contribution in [1.29, 1.82) is 0 Å². The van der Waals surface area contributed by atoms with Crippen molar-refractivity contribution in [2.45, 2.75) is 55.4 Å². The van der Waals surface area contributed by atoms with E-state index in [9.17, 15) is 0 Å². The van der Waals surface area contributed by atoms with Gasteiger partial charge in [-0.2, -0.15) is 0 Å². The molecular formula is C123H79NO2S4. The third kappa shape index (κ3) is 12.1. The molecule has 0 radical (unpaired) electrons. The molecule has 0 fully saturated rings. The summed E-state index contributed by atoms with van der Waals surface area (Å²) in [7, 11) is 0. The summed E-state index contributed by atoms with van der Waals surface area (Å²) >= 11 is 7.61. The highest BCUT2D eigenvalue weighted by Crippen LogP contribution is 2.69. The van der Waals surface area contributed by atoms with Crippen LogP contribution < -0.4 is 9.47 Å². The van der Waals surface area contributed by atoms with E-state index in [4.69, 9.17) is 9.47 Å². The number of para-hydroxylation sites is 6. The first kappa shape index (κ1) is 77.5. The molecule has 0 amide bonds. The quantitative estimate of drug-likeness (QED) is 0.158. The van der Waals surface area contributed by atoms with E-state index < -0.39 is 16.2 Å². The van der Waals surface area contributed by atoms with Crippen LogP contribution in [0.1, 0.15) is 66.8 Å². The Kier molecular flexibility index (Phi) is 19.0. The number of fused-ring (bicyclic) bond motifs is 27. The molecule has 27 rings (SSSR count). The first-order valence-corrected chi connectivity index (χ1v) is 47.6. The van der Waals surface area contributed by atoms with Gasteiger partial charge in [0.25, 0.3) is 0 Å². The molecule has 6 aliphatic rings. The molecule has 0 saturated carbocycles. The van der Waals surface area contributed by atoms with Crippen molar-refractivity contribution in [3.05, 3.63) is 546 Å². The maximum atomic E-state index is 7.14. The summed E-state index contributed by atoms with van der Waals surface area (Å²) in [6.07, 6.45) is 0. The average molecular weight is 1730 g/mol. The van der Waals surface area contributed by atoms with Gasteiger partial charge in [-0.05, 0) is 191 Å². The molecule has 21 aromatic rings. The second-order valence-electron chi connectivity index (χ2n) is 33.7. The highest BCUT2D eigenvalue weighted by atomic mass is 32.2. The number of hydrogen-bond donors (Lipinski definition) is 0. The lowest BCUT2D eigenvalue weighted by molar-refractivity contribution is 0.401. The van der Waals surface area contributed by atoms with Gasteiger partial charge < -0.3 is 14.0 Å². The van der Waals surface area contributed by atoms with Gasteiger partial charge in [-0.25, -0.2) is 0 Å². The highest BCUT2D eigenvalue weighted by Gasteiger charge is 2.55. The minimum Gasteiger partial charge on any atom is -0.456 e. The van der Waals surface area contributed by atoms with Gasteiger partial charge in [-0.1, -0.05) is 435 Å². The summed E-state index contributed by atoms with van der Waals surface area (Å²) in [4.78, 5) is 10.6. The van der Waals surface area contributed by atoms with Crippen molar-refractivity contribution in [3.8, 4) is 95.4 Å². The third-order valence-electron chi connectivity index (χ3n) is 26.9. The normalized spacial score (nSPS) is 14.6. The number of hydrogen-bond acceptors (Lipinski definition) is 6. The molecule has 612 valence electrons. The molecule has 20 aromatic carbocycles. The molecular weight excluding hydrogens is 1650 g/mol. The summed E-state index contributed by atoms with van der Waals surface area (Å²) in [6, 6.07) is 174. The van der Waals surface area contributed by atoms with Crippen LogP contribution >= 0.6 is 47.0 Å². The first-order chi connectivity index (χ1) is 64.5. The Morgan fingerprint density at radius 3 is 0.992 bits per heavy atom. The van der Waals surface area contributed by atoms with Gasteiger partial charge in [0.05, 0.1) is 27.3 Å². The summed E-state index contributed by atoms with van der Waals surface area (Å²) in [6.45, 7) is 0. The van der Waals surface area contributed by atoms with Gasteiger partial charge in [0, 0.05) is 89.0 Å². The summed E-state index contributed by atoms with van der Waals surface area (Å²) < 4.78 is 16.5. The molecule has 7 heteroatoms. The SMILES string of the molecule is c1ccc(-c2ccc3c(c2)C2(c4ccccc4Sc4ccccc42)c2c(cccc2-c2ccccc2)S3)cc1.c1ccc(-c2cccc3c2C2(c4ccccc4Sc4ccccc42)c2c(cccc2-c2ccccc2)S3)cc1.c1ccc(-c2cccc3c2Oc2ccccc2C32c3ccccc3Oc3c(-c4cccc5c4c4ccccc4n5-c4ccccc4)cccc32)cc1. The second kappa shape index (κ2) is 31.9. The number of benzene rings is 20. The zero-order valence-electron chi connectivity index (χ0n) is 70.5. The van der Waals surface area contributed by atoms with Crippen LogP contribution in [0.2, 0.25) is 0 Å². The maximum absolute atomic E-state index is 7.14. The van der Waals surface area contributed by atoms with Crippen LogP contribution in [0.4, 0.5) is 0 Å². The van der Waals surface area contributed by atoms with Gasteiger partial charge in [-0.3, -0.25) is 0 Å². The zero-order chi connectivity index (χ0) is 85.9. The molecule has 1 aromatic heterocycles. The van der Waals surface area contributed by atoms with Crippen molar-refractivity contribution in [2.75, 3.05) is 0 Å². The standard InChI is InChI=1S/C49H31NO2.2C37H24S2/c1-3-16-32(17-4-1)34-21-13-26-40-47(34)51-44-30-11-8-24-38(44)49(40)39-25-9-12-31-45(39)52-48-36(23-14-27-41(48)49)35-22-15-29-43-46(35)37-20-7-10-28-42(37)50(43)33-18-5-2-6-19-33;1-3-13-25(14-4-1)27-17-11-23-33-35(27)37(29-19-7-9-21-31(29)38-32-22-10-8-20-30(32)37)36-28(18-12-24-34(36)39-33)26-15-5-2-6-16-26;1-3-12-25(13-4-1)27-22-23-34-31(24-27)37(29-17-7-9-19-32(29)38-33-20-10-8-18-30(33)37)36-28(16-11-21-35(36)39-34)26-14-5-2-6-15-26/h1-31H;2*1-24H. The van der Waals surface area contributed by atoms with Gasteiger partial charge in [0.2, 0.25) is 0 Å². The van der Waals surface area contributed by atoms with Crippen LogP contribution in [-0.2, 0) is 16.2 Å². The molecule has 1 unspecified atom stereocenters. The first-order valence-electron chi connectivity index (χ1n) is 44.3. The largest absolute Gasteiger partial charge is 0.456 e. The van der Waals surface area contributed by atoms with E-state index in [0.717, 1.165) is 78.7 Å². The second-order valence-corrected chi connectivity index (χ2v) is 38.0. The lowest BCUT2D eigenvalue weighted by Gasteiger charge is -2.47. The van der Waals surface area contributed by atoms with Crippen LogP contribution in [0, 0.1) is 0 Å². The zero-order valence-corrected chi connectivity index (χ0v) is 73.8. The molecule has 1 atom stereocenters. The molecule has 0 bridgehead atoms. The number of nitrogens with zero attached hydrogens (tertiary/aromatic N) is 1. The molecule has 0 saturated heterocycles. The van der Waals surface area contributed by atoms with Crippen LogP contribution in [-0.4, -0.2) is 4.57 Å². The Balaban J connectivity index is 0.000000107. The molecule has 0 N–H and O–H groups in total. The van der Waals surface area contributed by atoms with Gasteiger partial charge in [0.1, 0.15) is 23.0 Å². The monoisotopic (exact) mass is 1730 g/mol. The molecule has 3 spiro atoms. The maximum Gasteiger partial charge on any atom is 0.140 e. The van der Waals surface area contributed by atoms with E-state index in [1.54, 1.807) is 0 Å². The highest BCUT2D eigenvalue weighted by molar-refractivity contribution is 8.00. The smallest absolute Gasteiger partial charge is 0.140 e. The third-order valence-corrected chi connectivity index (χ3v) is 31.5. The number of rotatable bonds is 7. The predicted octanol–water partition coefficient (Wildman–Crippen LogP) is 33.4. The molecule has 6 aliphatic heterocycles. The van der Waals surface area contributed by atoms with Crippen LogP contribution in [0.25, 0.3) is 94.3 Å². The molecule has 7 heterocycles. The van der Waals surface area contributed by atoms with E-state index in [1.807, 2.05) is 47.0 Å². The fraction of sp³-hybridized carbons (Fsp3) is 0.0244. The van der Waals surface area contributed by atoms with Crippen molar-refractivity contribution in [3.63, 3.8) is 0 Å². The minimum atomic E-state index is -0.707. The predicted molar refractivity (Wildman–Crippen MR) is 538 cm³/mol. The lowest BCUT2D eigenvalue weighted by atomic mass is 9.61. The Morgan fingerprint density at radius 1 is 0.185 bits per heavy atom. The Hall–Kier alpha value is -14.8. The fourth-order valence-corrected chi connectivity index (χ4v) is 26.6. The van der Waals surface area contributed by atoms with Gasteiger partial charge in [0.15, 0.2) is 0 Å².